The third kappa shape index (κ3) is 2.56. The van der Waals surface area contributed by atoms with Crippen LogP contribution in [0, 0.1) is 15.3 Å². The maximum Gasteiger partial charge on any atom is 0.288 e. The smallest absolute Gasteiger partial charge is 0.288 e. The van der Waals surface area contributed by atoms with Crippen molar-refractivity contribution in [2.75, 3.05) is 5.73 Å². The average Bonchev–Trinajstić information content (AvgIpc) is 2.54. The van der Waals surface area contributed by atoms with Gasteiger partial charge in [-0.2, -0.15) is 0 Å². The monoisotopic (exact) mass is 347 g/mol. The third-order valence-corrected chi connectivity index (χ3v) is 4.98. The van der Waals surface area contributed by atoms with Gasteiger partial charge >= 0.3 is 0 Å². The van der Waals surface area contributed by atoms with Crippen molar-refractivity contribution in [3.8, 4) is 0 Å². The fourth-order valence-corrected chi connectivity index (χ4v) is 3.43. The summed E-state index contributed by atoms with van der Waals surface area (Å²) in [5, 5.41) is 25.9. The van der Waals surface area contributed by atoms with E-state index < -0.39 is 14.8 Å². The van der Waals surface area contributed by atoms with Gasteiger partial charge in [0, 0.05) is 18.2 Å². The fourth-order valence-electron chi connectivity index (χ4n) is 2.11. The van der Waals surface area contributed by atoms with Gasteiger partial charge in [0.05, 0.1) is 19.8 Å². The number of nitrogens with zero attached hydrogens (tertiary/aromatic N) is 4. The lowest BCUT2D eigenvalue weighted by atomic mass is 10.3. The van der Waals surface area contributed by atoms with E-state index >= 15 is 0 Å². The van der Waals surface area contributed by atoms with Crippen LogP contribution in [0.1, 0.15) is 0 Å². The van der Waals surface area contributed by atoms with Crippen LogP contribution in [0.2, 0.25) is 0 Å². The number of aromatic nitrogens is 3. The van der Waals surface area contributed by atoms with E-state index in [0.717, 1.165) is 12.1 Å². The van der Waals surface area contributed by atoms with Gasteiger partial charge in [0.25, 0.3) is 17.2 Å². The molecular formula is C13H9N5O5S. The quantitative estimate of drug-likeness (QED) is 0.312. The van der Waals surface area contributed by atoms with E-state index in [2.05, 4.69) is 10.1 Å². The molecule has 0 saturated heterocycles. The van der Waals surface area contributed by atoms with E-state index in [0.29, 0.717) is 0 Å². The molecule has 0 bridgehead atoms. The van der Waals surface area contributed by atoms with E-state index in [-0.39, 0.29) is 37.3 Å². The van der Waals surface area contributed by atoms with E-state index in [1.807, 2.05) is 0 Å². The largest absolute Gasteiger partial charge is 0.594 e. The SMILES string of the molecule is Nc1nc2ccc(S(=O)(=O)c3cccc([N+](=O)[O-])c3)cc2[n+]([O-])n1. The molecular weight excluding hydrogens is 338 g/mol. The highest BCUT2D eigenvalue weighted by Gasteiger charge is 2.22. The maximum atomic E-state index is 12.6. The van der Waals surface area contributed by atoms with Gasteiger partial charge in [-0.05, 0) is 23.0 Å². The highest BCUT2D eigenvalue weighted by Crippen LogP contribution is 2.25. The van der Waals surface area contributed by atoms with Gasteiger partial charge in [-0.3, -0.25) is 10.1 Å². The van der Waals surface area contributed by atoms with Crippen LogP contribution in [0.25, 0.3) is 11.0 Å². The number of benzene rings is 2. The molecule has 11 heteroatoms. The van der Waals surface area contributed by atoms with Crippen LogP contribution in [0.3, 0.4) is 0 Å². The molecule has 0 amide bonds. The van der Waals surface area contributed by atoms with E-state index in [4.69, 9.17) is 5.73 Å². The molecule has 0 saturated carbocycles. The van der Waals surface area contributed by atoms with Crippen molar-refractivity contribution < 1.29 is 18.2 Å². The number of nitro benzene ring substituents is 1. The van der Waals surface area contributed by atoms with Gasteiger partial charge in [0.2, 0.25) is 9.84 Å². The van der Waals surface area contributed by atoms with Crippen molar-refractivity contribution >= 4 is 32.5 Å². The number of nitrogens with two attached hydrogens (primary N) is 1. The van der Waals surface area contributed by atoms with Crippen LogP contribution in [0.15, 0.2) is 52.3 Å². The standard InChI is InChI=1S/C13H9N5O5S/c14-13-15-11-5-4-10(7-12(11)17(19)16-13)24(22,23)9-3-1-2-8(6-9)18(20)21/h1-7H,(H2,14,15,16). The molecule has 0 aliphatic carbocycles. The van der Waals surface area contributed by atoms with E-state index in [1.165, 1.54) is 30.3 Å². The zero-order chi connectivity index (χ0) is 17.5. The summed E-state index contributed by atoms with van der Waals surface area (Å²) >= 11 is 0. The van der Waals surface area contributed by atoms with Crippen LogP contribution in [0.5, 0.6) is 0 Å². The fraction of sp³-hybridized carbons (Fsp3) is 0. The summed E-state index contributed by atoms with van der Waals surface area (Å²) in [4.78, 5) is 13.6. The predicted molar refractivity (Wildman–Crippen MR) is 81.5 cm³/mol. The van der Waals surface area contributed by atoms with Crippen molar-refractivity contribution in [3.63, 3.8) is 0 Å². The zero-order valence-electron chi connectivity index (χ0n) is 11.9. The summed E-state index contributed by atoms with van der Waals surface area (Å²) in [5.74, 6) is -0.244. The molecule has 0 fully saturated rings. The minimum atomic E-state index is -4.06. The molecule has 0 aliphatic rings. The highest BCUT2D eigenvalue weighted by molar-refractivity contribution is 7.91. The van der Waals surface area contributed by atoms with E-state index in [1.54, 1.807) is 0 Å². The first kappa shape index (κ1) is 15.6. The average molecular weight is 347 g/mol. The zero-order valence-corrected chi connectivity index (χ0v) is 12.7. The molecule has 0 aliphatic heterocycles. The van der Waals surface area contributed by atoms with Crippen LogP contribution < -0.4 is 10.6 Å². The minimum absolute atomic E-state index is 0.0873. The van der Waals surface area contributed by atoms with Crippen LogP contribution in [0.4, 0.5) is 11.6 Å². The molecule has 24 heavy (non-hydrogen) atoms. The normalized spacial score (nSPS) is 11.5. The number of hydrogen-bond acceptors (Lipinski definition) is 8. The molecule has 3 rings (SSSR count). The predicted octanol–water partition coefficient (Wildman–Crippen LogP) is 0.586. The van der Waals surface area contributed by atoms with Crippen LogP contribution in [-0.2, 0) is 9.84 Å². The number of hydrogen-bond donors (Lipinski definition) is 1. The summed E-state index contributed by atoms with van der Waals surface area (Å²) in [6.45, 7) is 0. The Morgan fingerprint density at radius 3 is 2.54 bits per heavy atom. The minimum Gasteiger partial charge on any atom is -0.594 e. The number of anilines is 1. The third-order valence-electron chi connectivity index (χ3n) is 3.23. The molecule has 0 unspecified atom stereocenters. The van der Waals surface area contributed by atoms with E-state index in [9.17, 15) is 23.7 Å². The van der Waals surface area contributed by atoms with Crippen LogP contribution >= 0.6 is 0 Å². The van der Waals surface area contributed by atoms with Crippen molar-refractivity contribution in [3.05, 3.63) is 57.8 Å². The molecule has 1 heterocycles. The highest BCUT2D eigenvalue weighted by atomic mass is 32.2. The Balaban J connectivity index is 2.18. The molecule has 10 nitrogen and oxygen atoms in total. The summed E-state index contributed by atoms with van der Waals surface area (Å²) in [7, 11) is -4.06. The molecule has 122 valence electrons. The molecule has 0 radical (unpaired) electrons. The number of nitrogen functional groups attached to an aromatic ring is 1. The number of non-ortho nitro benzene ring substituents is 1. The van der Waals surface area contributed by atoms with Crippen molar-refractivity contribution in [2.24, 2.45) is 0 Å². The molecule has 1 aromatic heterocycles. The lowest BCUT2D eigenvalue weighted by Gasteiger charge is -2.05. The van der Waals surface area contributed by atoms with Crippen LogP contribution in [-0.4, -0.2) is 23.4 Å². The number of fused-ring (bicyclic) bond motifs is 1. The summed E-state index contributed by atoms with van der Waals surface area (Å²) in [6, 6.07) is 8.28. The van der Waals surface area contributed by atoms with Gasteiger partial charge in [-0.25, -0.2) is 13.4 Å². The summed E-state index contributed by atoms with van der Waals surface area (Å²) in [5.41, 5.74) is 5.09. The van der Waals surface area contributed by atoms with Gasteiger partial charge in [-0.1, -0.05) is 6.07 Å². The van der Waals surface area contributed by atoms with Crippen molar-refractivity contribution in [1.29, 1.82) is 0 Å². The number of nitro groups is 1. The second-order valence-electron chi connectivity index (χ2n) is 4.75. The summed E-state index contributed by atoms with van der Waals surface area (Å²) < 4.78 is 25.3. The first-order valence-electron chi connectivity index (χ1n) is 6.46. The Morgan fingerprint density at radius 2 is 1.83 bits per heavy atom. The molecule has 2 aromatic carbocycles. The van der Waals surface area contributed by atoms with Gasteiger partial charge in [0.1, 0.15) is 5.52 Å². The number of rotatable bonds is 3. The molecule has 0 atom stereocenters. The number of sulfone groups is 1. The van der Waals surface area contributed by atoms with Gasteiger partial charge < -0.3 is 10.9 Å². The topological polar surface area (TPSA) is 156 Å². The lowest BCUT2D eigenvalue weighted by Crippen LogP contribution is -2.33. The van der Waals surface area contributed by atoms with Gasteiger partial charge in [0.15, 0.2) is 0 Å². The Kier molecular flexibility index (Phi) is 3.49. The summed E-state index contributed by atoms with van der Waals surface area (Å²) in [6.07, 6.45) is 0. The first-order valence-corrected chi connectivity index (χ1v) is 7.94. The molecule has 2 N–H and O–H groups in total. The Bertz CT molecular complexity index is 1080. The Morgan fingerprint density at radius 1 is 1.12 bits per heavy atom. The second kappa shape index (κ2) is 5.38. The van der Waals surface area contributed by atoms with Gasteiger partial charge in [-0.15, -0.1) is 0 Å². The van der Waals surface area contributed by atoms with Crippen molar-refractivity contribution in [2.45, 2.75) is 9.79 Å². The lowest BCUT2D eigenvalue weighted by molar-refractivity contribution is -0.641. The Labute approximate surface area is 134 Å². The maximum absolute atomic E-state index is 12.6. The Hall–Kier alpha value is -3.34. The van der Waals surface area contributed by atoms with Crippen molar-refractivity contribution in [1.82, 2.24) is 10.1 Å². The second-order valence-corrected chi connectivity index (χ2v) is 6.70. The molecule has 3 aromatic rings. The first-order chi connectivity index (χ1) is 11.3. The molecule has 0 spiro atoms.